The number of hydrogen-bond donors (Lipinski definition) is 1. The highest BCUT2D eigenvalue weighted by atomic mass is 127. The maximum Gasteiger partial charge on any atom is 0.239 e. The zero-order chi connectivity index (χ0) is 13.1. The maximum atomic E-state index is 11.5. The smallest absolute Gasteiger partial charge is 0.239 e. The van der Waals surface area contributed by atoms with Crippen molar-refractivity contribution in [2.75, 3.05) is 25.2 Å². The predicted octanol–water partition coefficient (Wildman–Crippen LogP) is 1.12. The number of halogens is 1. The molecule has 0 radical (unpaired) electrons. The summed E-state index contributed by atoms with van der Waals surface area (Å²) in [7, 11) is -1.96. The number of nitrogens with one attached hydrogen (secondary N) is 1. The Morgan fingerprint density at radius 2 is 1.88 bits per heavy atom. The first-order chi connectivity index (χ1) is 7.79. The fourth-order valence-corrected chi connectivity index (χ4v) is 1.76. The van der Waals surface area contributed by atoms with Crippen LogP contribution in [-0.4, -0.2) is 38.5 Å². The highest BCUT2D eigenvalue weighted by molar-refractivity contribution is 14.1. The van der Waals surface area contributed by atoms with Crippen molar-refractivity contribution in [2.24, 2.45) is 0 Å². The molecular formula is C10H13IN2O3S. The summed E-state index contributed by atoms with van der Waals surface area (Å²) in [6.45, 7) is -0.190. The summed E-state index contributed by atoms with van der Waals surface area (Å²) in [4.78, 5) is 11.5. The Balaban J connectivity index is 2.59. The minimum absolute atomic E-state index is 0.190. The van der Waals surface area contributed by atoms with Crippen LogP contribution in [0.2, 0.25) is 0 Å². The highest BCUT2D eigenvalue weighted by Crippen LogP contribution is 2.11. The second kappa shape index (κ2) is 5.78. The molecule has 1 aromatic carbocycles. The SMILES string of the molecule is CN(CC(=O)Nc1ccc(I)cc1)S(C)(=O)=O. The van der Waals surface area contributed by atoms with Gasteiger partial charge in [-0.3, -0.25) is 4.79 Å². The lowest BCUT2D eigenvalue weighted by Crippen LogP contribution is -2.34. The van der Waals surface area contributed by atoms with Crippen molar-refractivity contribution in [1.29, 1.82) is 0 Å². The lowest BCUT2D eigenvalue weighted by atomic mass is 10.3. The zero-order valence-corrected chi connectivity index (χ0v) is 12.4. The summed E-state index contributed by atoms with van der Waals surface area (Å²) in [5.74, 6) is -0.362. The van der Waals surface area contributed by atoms with Crippen molar-refractivity contribution in [2.45, 2.75) is 0 Å². The number of benzene rings is 1. The number of carbonyl (C=O) groups excluding carboxylic acids is 1. The van der Waals surface area contributed by atoms with Gasteiger partial charge in [0.15, 0.2) is 0 Å². The first-order valence-corrected chi connectivity index (χ1v) is 7.68. The van der Waals surface area contributed by atoms with Crippen molar-refractivity contribution < 1.29 is 13.2 Å². The Morgan fingerprint density at radius 3 is 2.35 bits per heavy atom. The van der Waals surface area contributed by atoms with Gasteiger partial charge in [0.05, 0.1) is 12.8 Å². The van der Waals surface area contributed by atoms with Crippen LogP contribution >= 0.6 is 22.6 Å². The summed E-state index contributed by atoms with van der Waals surface area (Å²) < 4.78 is 24.3. The number of likely N-dealkylation sites (N-methyl/N-ethyl adjacent to an activating group) is 1. The fourth-order valence-electron chi connectivity index (χ4n) is 1.05. The third-order valence-corrected chi connectivity index (χ3v) is 4.04. The van der Waals surface area contributed by atoms with E-state index in [1.807, 2.05) is 12.1 Å². The van der Waals surface area contributed by atoms with Gasteiger partial charge in [0.2, 0.25) is 15.9 Å². The van der Waals surface area contributed by atoms with Gasteiger partial charge < -0.3 is 5.32 Å². The van der Waals surface area contributed by atoms with E-state index in [1.54, 1.807) is 12.1 Å². The molecule has 5 nitrogen and oxygen atoms in total. The molecule has 7 heteroatoms. The second-order valence-electron chi connectivity index (χ2n) is 3.57. The van der Waals surface area contributed by atoms with E-state index in [1.165, 1.54) is 7.05 Å². The van der Waals surface area contributed by atoms with E-state index in [-0.39, 0.29) is 12.5 Å². The lowest BCUT2D eigenvalue weighted by molar-refractivity contribution is -0.116. The maximum absolute atomic E-state index is 11.5. The Morgan fingerprint density at radius 1 is 1.35 bits per heavy atom. The van der Waals surface area contributed by atoms with Crippen molar-refractivity contribution in [1.82, 2.24) is 4.31 Å². The van der Waals surface area contributed by atoms with E-state index >= 15 is 0 Å². The number of amides is 1. The molecule has 0 atom stereocenters. The molecule has 1 N–H and O–H groups in total. The normalized spacial score (nSPS) is 11.5. The molecule has 0 aliphatic carbocycles. The summed E-state index contributed by atoms with van der Waals surface area (Å²) in [5, 5.41) is 2.62. The van der Waals surface area contributed by atoms with Crippen LogP contribution < -0.4 is 5.32 Å². The van der Waals surface area contributed by atoms with Gasteiger partial charge in [0, 0.05) is 16.3 Å². The Bertz CT molecular complexity index is 499. The molecule has 1 rings (SSSR count). The number of anilines is 1. The molecule has 94 valence electrons. The van der Waals surface area contributed by atoms with E-state index in [0.717, 1.165) is 14.1 Å². The molecule has 0 unspecified atom stereocenters. The minimum atomic E-state index is -3.33. The molecule has 1 amide bonds. The molecule has 0 aromatic heterocycles. The average Bonchev–Trinajstić information content (AvgIpc) is 2.20. The molecule has 0 spiro atoms. The van der Waals surface area contributed by atoms with Crippen LogP contribution in [0.1, 0.15) is 0 Å². The van der Waals surface area contributed by atoms with Gasteiger partial charge in [-0.25, -0.2) is 8.42 Å². The number of sulfonamides is 1. The van der Waals surface area contributed by atoms with Gasteiger partial charge in [-0.15, -0.1) is 0 Å². The van der Waals surface area contributed by atoms with Crippen LogP contribution in [0.4, 0.5) is 5.69 Å². The summed E-state index contributed by atoms with van der Waals surface area (Å²) in [5.41, 5.74) is 0.650. The van der Waals surface area contributed by atoms with E-state index in [9.17, 15) is 13.2 Å². The number of nitrogens with zero attached hydrogens (tertiary/aromatic N) is 1. The molecule has 0 saturated carbocycles. The van der Waals surface area contributed by atoms with Crippen LogP contribution in [0.25, 0.3) is 0 Å². The van der Waals surface area contributed by atoms with Crippen LogP contribution in [0.15, 0.2) is 24.3 Å². The third-order valence-electron chi connectivity index (χ3n) is 2.06. The minimum Gasteiger partial charge on any atom is -0.325 e. The van der Waals surface area contributed by atoms with Crippen LogP contribution in [-0.2, 0) is 14.8 Å². The number of carbonyl (C=O) groups is 1. The van der Waals surface area contributed by atoms with Gasteiger partial charge in [-0.1, -0.05) is 0 Å². The fraction of sp³-hybridized carbons (Fsp3) is 0.300. The van der Waals surface area contributed by atoms with Crippen LogP contribution in [0.5, 0.6) is 0 Å². The Kier molecular flexibility index (Phi) is 4.90. The van der Waals surface area contributed by atoms with E-state index in [0.29, 0.717) is 5.69 Å². The molecule has 0 fully saturated rings. The topological polar surface area (TPSA) is 66.5 Å². The summed E-state index contributed by atoms with van der Waals surface area (Å²) in [6, 6.07) is 7.24. The van der Waals surface area contributed by atoms with Crippen molar-refractivity contribution >= 4 is 44.2 Å². The lowest BCUT2D eigenvalue weighted by Gasteiger charge is -2.13. The zero-order valence-electron chi connectivity index (χ0n) is 9.47. The summed E-state index contributed by atoms with van der Waals surface area (Å²) in [6.07, 6.45) is 1.06. The molecular weight excluding hydrogens is 355 g/mol. The Hall–Kier alpha value is -0.670. The van der Waals surface area contributed by atoms with Crippen molar-refractivity contribution in [3.63, 3.8) is 0 Å². The van der Waals surface area contributed by atoms with E-state index in [2.05, 4.69) is 27.9 Å². The first kappa shape index (κ1) is 14.4. The number of hydrogen-bond acceptors (Lipinski definition) is 3. The number of rotatable bonds is 4. The first-order valence-electron chi connectivity index (χ1n) is 4.76. The van der Waals surface area contributed by atoms with E-state index in [4.69, 9.17) is 0 Å². The monoisotopic (exact) mass is 368 g/mol. The predicted molar refractivity (Wildman–Crippen MR) is 75.3 cm³/mol. The van der Waals surface area contributed by atoms with Crippen LogP contribution in [0, 0.1) is 3.57 Å². The molecule has 0 saturated heterocycles. The molecule has 0 aliphatic heterocycles. The second-order valence-corrected chi connectivity index (χ2v) is 6.91. The van der Waals surface area contributed by atoms with Crippen molar-refractivity contribution in [3.8, 4) is 0 Å². The highest BCUT2D eigenvalue weighted by Gasteiger charge is 2.14. The van der Waals surface area contributed by atoms with E-state index < -0.39 is 10.0 Å². The Labute approximate surface area is 114 Å². The molecule has 17 heavy (non-hydrogen) atoms. The molecule has 1 aromatic rings. The van der Waals surface area contributed by atoms with Gasteiger partial charge in [-0.2, -0.15) is 4.31 Å². The largest absolute Gasteiger partial charge is 0.325 e. The van der Waals surface area contributed by atoms with Gasteiger partial charge in [0.1, 0.15) is 0 Å². The summed E-state index contributed by atoms with van der Waals surface area (Å²) >= 11 is 2.16. The quantitative estimate of drug-likeness (QED) is 0.811. The molecule has 0 heterocycles. The average molecular weight is 368 g/mol. The molecule has 0 aliphatic rings. The molecule has 0 bridgehead atoms. The van der Waals surface area contributed by atoms with Crippen LogP contribution in [0.3, 0.4) is 0 Å². The third kappa shape index (κ3) is 5.00. The standard InChI is InChI=1S/C10H13IN2O3S/c1-13(17(2,15)16)7-10(14)12-9-5-3-8(11)4-6-9/h3-6H,7H2,1-2H3,(H,12,14). The van der Waals surface area contributed by atoms with Crippen molar-refractivity contribution in [3.05, 3.63) is 27.8 Å². The van der Waals surface area contributed by atoms with Gasteiger partial charge in [-0.05, 0) is 46.9 Å². The van der Waals surface area contributed by atoms with Gasteiger partial charge in [0.25, 0.3) is 0 Å². The van der Waals surface area contributed by atoms with Gasteiger partial charge >= 0.3 is 0 Å².